The third-order valence-electron chi connectivity index (χ3n) is 5.46. The lowest BCUT2D eigenvalue weighted by Crippen LogP contribution is -2.34. The van der Waals surface area contributed by atoms with Crippen LogP contribution in [0.1, 0.15) is 17.2 Å². The maximum atomic E-state index is 11.5. The van der Waals surface area contributed by atoms with Gasteiger partial charge in [0.25, 0.3) is 5.69 Å². The molecule has 7 heteroatoms. The van der Waals surface area contributed by atoms with E-state index in [1.54, 1.807) is 6.07 Å². The Labute approximate surface area is 172 Å². The highest BCUT2D eigenvalue weighted by molar-refractivity contribution is 6.30. The number of halogens is 1. The zero-order valence-corrected chi connectivity index (χ0v) is 16.1. The molecule has 2 heterocycles. The van der Waals surface area contributed by atoms with Crippen molar-refractivity contribution in [1.82, 2.24) is 0 Å². The Morgan fingerprint density at radius 1 is 1.03 bits per heavy atom. The second kappa shape index (κ2) is 6.90. The zero-order chi connectivity index (χ0) is 20.0. The van der Waals surface area contributed by atoms with Gasteiger partial charge in [-0.2, -0.15) is 5.10 Å². The Morgan fingerprint density at radius 3 is 2.52 bits per heavy atom. The van der Waals surface area contributed by atoms with E-state index in [1.165, 1.54) is 6.07 Å². The molecule has 5 rings (SSSR count). The summed E-state index contributed by atoms with van der Waals surface area (Å²) in [5.74, 6) is 0.0471. The summed E-state index contributed by atoms with van der Waals surface area (Å²) in [7, 11) is 0. The Balaban J connectivity index is 1.66. The van der Waals surface area contributed by atoms with Crippen molar-refractivity contribution < 1.29 is 4.92 Å². The van der Waals surface area contributed by atoms with Gasteiger partial charge >= 0.3 is 0 Å². The Kier molecular flexibility index (Phi) is 4.21. The molecule has 2 unspecified atom stereocenters. The fraction of sp³-hybridized carbons (Fsp3) is 0.136. The molecule has 29 heavy (non-hydrogen) atoms. The highest BCUT2D eigenvalue weighted by atomic mass is 35.5. The minimum Gasteiger partial charge on any atom is -0.378 e. The molecule has 2 aliphatic rings. The smallest absolute Gasteiger partial charge is 0.293 e. The van der Waals surface area contributed by atoms with Crippen LogP contribution in [0, 0.1) is 16.0 Å². The molecule has 0 bridgehead atoms. The van der Waals surface area contributed by atoms with Gasteiger partial charge in [-0.15, -0.1) is 0 Å². The lowest BCUT2D eigenvalue weighted by atomic mass is 9.83. The molecule has 3 aromatic rings. The fourth-order valence-corrected chi connectivity index (χ4v) is 4.30. The van der Waals surface area contributed by atoms with Crippen LogP contribution < -0.4 is 10.3 Å². The molecule has 0 saturated heterocycles. The molecule has 144 valence electrons. The van der Waals surface area contributed by atoms with Gasteiger partial charge in [-0.05, 0) is 29.8 Å². The van der Waals surface area contributed by atoms with Crippen LogP contribution in [0.5, 0.6) is 0 Å². The lowest BCUT2D eigenvalue weighted by molar-refractivity contribution is -0.384. The molecular formula is C22H17ClN4O2. The van der Waals surface area contributed by atoms with Crippen molar-refractivity contribution in [2.75, 3.05) is 16.9 Å². The molecule has 0 spiro atoms. The van der Waals surface area contributed by atoms with Gasteiger partial charge in [-0.3, -0.25) is 15.1 Å². The second-order valence-corrected chi connectivity index (χ2v) is 7.54. The second-order valence-electron chi connectivity index (χ2n) is 7.11. The maximum Gasteiger partial charge on any atom is 0.293 e. The van der Waals surface area contributed by atoms with Crippen LogP contribution in [0.2, 0.25) is 5.02 Å². The number of fused-ring (bicyclic) bond motifs is 3. The number of nitrogens with zero attached hydrogens (tertiary/aromatic N) is 3. The lowest BCUT2D eigenvalue weighted by Gasteiger charge is -2.31. The van der Waals surface area contributed by atoms with Crippen molar-refractivity contribution in [1.29, 1.82) is 0 Å². The van der Waals surface area contributed by atoms with E-state index in [4.69, 9.17) is 16.7 Å². The molecule has 2 aliphatic heterocycles. The van der Waals surface area contributed by atoms with Gasteiger partial charge in [0.05, 0.1) is 22.4 Å². The van der Waals surface area contributed by atoms with Gasteiger partial charge in [0.15, 0.2) is 0 Å². The molecule has 0 amide bonds. The van der Waals surface area contributed by atoms with Gasteiger partial charge in [0, 0.05) is 29.1 Å². The number of hydrogen-bond acceptors (Lipinski definition) is 5. The van der Waals surface area contributed by atoms with Gasteiger partial charge in [-0.25, -0.2) is 0 Å². The van der Waals surface area contributed by atoms with Crippen LogP contribution in [0.3, 0.4) is 0 Å². The van der Waals surface area contributed by atoms with Crippen LogP contribution in [0.25, 0.3) is 0 Å². The van der Waals surface area contributed by atoms with Crippen LogP contribution >= 0.6 is 11.6 Å². The number of rotatable bonds is 3. The predicted molar refractivity (Wildman–Crippen MR) is 115 cm³/mol. The Hall–Kier alpha value is -3.38. The van der Waals surface area contributed by atoms with Crippen LogP contribution in [-0.2, 0) is 0 Å². The van der Waals surface area contributed by atoms with Gasteiger partial charge < -0.3 is 5.32 Å². The topological polar surface area (TPSA) is 70.8 Å². The van der Waals surface area contributed by atoms with E-state index in [0.29, 0.717) is 17.3 Å². The summed E-state index contributed by atoms with van der Waals surface area (Å²) < 4.78 is 0. The van der Waals surface area contributed by atoms with E-state index in [1.807, 2.05) is 65.7 Å². The number of nitrogens with one attached hydrogen (secondary N) is 1. The number of nitro benzene ring substituents is 1. The largest absolute Gasteiger partial charge is 0.378 e. The summed E-state index contributed by atoms with van der Waals surface area (Å²) in [6.45, 7) is 0.563. The summed E-state index contributed by atoms with van der Waals surface area (Å²) in [5, 5.41) is 22.4. The monoisotopic (exact) mass is 404 g/mol. The first-order valence-electron chi connectivity index (χ1n) is 9.33. The molecular weight excluding hydrogens is 388 g/mol. The van der Waals surface area contributed by atoms with E-state index in [9.17, 15) is 10.1 Å². The van der Waals surface area contributed by atoms with Crippen molar-refractivity contribution in [2.45, 2.75) is 6.04 Å². The first kappa shape index (κ1) is 17.7. The van der Waals surface area contributed by atoms with Crippen molar-refractivity contribution in [3.8, 4) is 0 Å². The fourth-order valence-electron chi connectivity index (χ4n) is 4.17. The average molecular weight is 405 g/mol. The van der Waals surface area contributed by atoms with E-state index in [-0.39, 0.29) is 22.6 Å². The Bertz CT molecular complexity index is 1120. The molecule has 1 N–H and O–H groups in total. The molecule has 3 aromatic carbocycles. The molecule has 0 radical (unpaired) electrons. The third kappa shape index (κ3) is 2.93. The summed E-state index contributed by atoms with van der Waals surface area (Å²) in [6.07, 6.45) is 0. The van der Waals surface area contributed by atoms with E-state index in [2.05, 4.69) is 5.32 Å². The van der Waals surface area contributed by atoms with Crippen molar-refractivity contribution in [3.05, 3.63) is 99.1 Å². The molecule has 2 atom stereocenters. The van der Waals surface area contributed by atoms with Crippen molar-refractivity contribution in [2.24, 2.45) is 11.0 Å². The minimum absolute atomic E-state index is 0.0374. The first-order chi connectivity index (χ1) is 14.1. The minimum atomic E-state index is -0.354. The maximum absolute atomic E-state index is 11.5. The molecule has 0 aliphatic carbocycles. The van der Waals surface area contributed by atoms with Crippen LogP contribution in [0.15, 0.2) is 77.9 Å². The van der Waals surface area contributed by atoms with Gasteiger partial charge in [0.2, 0.25) is 0 Å². The van der Waals surface area contributed by atoms with E-state index < -0.39 is 0 Å². The van der Waals surface area contributed by atoms with Gasteiger partial charge in [-0.1, -0.05) is 54.1 Å². The number of hydrazone groups is 1. The quantitative estimate of drug-likeness (QED) is 0.477. The Morgan fingerprint density at radius 2 is 1.79 bits per heavy atom. The number of nitro groups is 1. The third-order valence-corrected chi connectivity index (χ3v) is 5.71. The van der Waals surface area contributed by atoms with Gasteiger partial charge in [0.1, 0.15) is 5.69 Å². The first-order valence-corrected chi connectivity index (χ1v) is 9.71. The number of benzene rings is 3. The highest BCUT2D eigenvalue weighted by Gasteiger charge is 2.43. The summed E-state index contributed by atoms with van der Waals surface area (Å²) in [5.41, 5.74) is 4.33. The zero-order valence-electron chi connectivity index (χ0n) is 15.3. The summed E-state index contributed by atoms with van der Waals surface area (Å²) >= 11 is 6.10. The molecule has 6 nitrogen and oxygen atoms in total. The predicted octanol–water partition coefficient (Wildman–Crippen LogP) is 5.26. The van der Waals surface area contributed by atoms with E-state index in [0.717, 1.165) is 22.5 Å². The van der Waals surface area contributed by atoms with Crippen LogP contribution in [-0.4, -0.2) is 17.2 Å². The highest BCUT2D eigenvalue weighted by Crippen LogP contribution is 2.45. The number of anilines is 2. The normalized spacial score (nSPS) is 19.8. The van der Waals surface area contributed by atoms with E-state index >= 15 is 0 Å². The molecule has 0 aromatic heterocycles. The average Bonchev–Trinajstić information content (AvgIpc) is 3.14. The SMILES string of the molecule is O=[N+]([O-])c1cccc2c1NCC1C2=NN(c2ccccc2)C1c1ccc(Cl)cc1. The standard InChI is InChI=1S/C22H17ClN4O2/c23-15-11-9-14(10-12-15)22-18-13-24-21-17(7-4-8-19(21)27(28)29)20(18)25-26(22)16-5-2-1-3-6-16/h1-12,18,22,24H,13H2. The number of hydrogen-bond donors (Lipinski definition) is 1. The molecule has 0 fully saturated rings. The van der Waals surface area contributed by atoms with Crippen molar-refractivity contribution >= 4 is 34.4 Å². The summed E-state index contributed by atoms with van der Waals surface area (Å²) in [6, 6.07) is 22.9. The summed E-state index contributed by atoms with van der Waals surface area (Å²) in [4.78, 5) is 11.1. The van der Waals surface area contributed by atoms with Crippen LogP contribution in [0.4, 0.5) is 17.1 Å². The number of para-hydroxylation sites is 2. The van der Waals surface area contributed by atoms with Crippen molar-refractivity contribution in [3.63, 3.8) is 0 Å². The molecule has 0 saturated carbocycles.